The maximum atomic E-state index is 8.60. The molecule has 3 heteroatoms. The lowest BCUT2D eigenvalue weighted by atomic mass is 9.80. The second-order valence-electron chi connectivity index (χ2n) is 5.71. The predicted octanol–water partition coefficient (Wildman–Crippen LogP) is 3.50. The Hall–Kier alpha value is -1.53. The molecule has 0 amide bonds. The van der Waals surface area contributed by atoms with E-state index >= 15 is 0 Å². The Morgan fingerprint density at radius 1 is 1.30 bits per heavy atom. The van der Waals surface area contributed by atoms with Crippen molar-refractivity contribution in [3.8, 4) is 11.8 Å². The molecule has 0 aromatic heterocycles. The fourth-order valence-corrected chi connectivity index (χ4v) is 2.99. The molecule has 1 aliphatic carbocycles. The Kier molecular flexibility index (Phi) is 5.88. The zero-order valence-electron chi connectivity index (χ0n) is 12.3. The summed E-state index contributed by atoms with van der Waals surface area (Å²) in [5, 5.41) is 12.2. The highest BCUT2D eigenvalue weighted by Crippen LogP contribution is 2.29. The van der Waals surface area contributed by atoms with Crippen LogP contribution >= 0.6 is 0 Å². The van der Waals surface area contributed by atoms with Gasteiger partial charge in [0.25, 0.3) is 0 Å². The quantitative estimate of drug-likeness (QED) is 0.862. The van der Waals surface area contributed by atoms with E-state index in [0.717, 1.165) is 36.2 Å². The van der Waals surface area contributed by atoms with Crippen LogP contribution in [0.1, 0.15) is 38.2 Å². The lowest BCUT2D eigenvalue weighted by Crippen LogP contribution is -2.29. The molecular formula is C17H24N2O. The van der Waals surface area contributed by atoms with E-state index in [0.29, 0.717) is 0 Å². The fraction of sp³-hybridized carbons (Fsp3) is 0.588. The molecule has 108 valence electrons. The average molecular weight is 272 g/mol. The topological polar surface area (TPSA) is 45.0 Å². The minimum atomic E-state index is 0.108. The van der Waals surface area contributed by atoms with Crippen LogP contribution in [0.15, 0.2) is 24.3 Å². The van der Waals surface area contributed by atoms with Gasteiger partial charge in [0.15, 0.2) is 6.61 Å². The van der Waals surface area contributed by atoms with Gasteiger partial charge in [0.1, 0.15) is 11.8 Å². The van der Waals surface area contributed by atoms with Crippen molar-refractivity contribution in [2.75, 3.05) is 13.2 Å². The molecule has 1 aliphatic rings. The molecule has 1 saturated carbocycles. The second kappa shape index (κ2) is 7.91. The number of nitrogens with one attached hydrogen (secondary N) is 1. The van der Waals surface area contributed by atoms with E-state index < -0.39 is 0 Å². The van der Waals surface area contributed by atoms with Crippen LogP contribution < -0.4 is 10.1 Å². The van der Waals surface area contributed by atoms with Gasteiger partial charge in [-0.25, -0.2) is 0 Å². The summed E-state index contributed by atoms with van der Waals surface area (Å²) in [4.78, 5) is 0. The van der Waals surface area contributed by atoms with Gasteiger partial charge >= 0.3 is 0 Å². The van der Waals surface area contributed by atoms with Gasteiger partial charge < -0.3 is 10.1 Å². The zero-order valence-corrected chi connectivity index (χ0v) is 12.3. The third-order valence-corrected chi connectivity index (χ3v) is 4.28. The summed E-state index contributed by atoms with van der Waals surface area (Å²) in [7, 11) is 0. The lowest BCUT2D eigenvalue weighted by molar-refractivity contribution is 0.247. The summed E-state index contributed by atoms with van der Waals surface area (Å²) in [6.07, 6.45) is 5.48. The van der Waals surface area contributed by atoms with E-state index in [2.05, 4.69) is 18.3 Å². The molecule has 0 aliphatic heterocycles. The van der Waals surface area contributed by atoms with Crippen LogP contribution in [-0.4, -0.2) is 13.2 Å². The molecule has 2 atom stereocenters. The molecule has 1 fully saturated rings. The van der Waals surface area contributed by atoms with Crippen molar-refractivity contribution >= 4 is 0 Å². The van der Waals surface area contributed by atoms with Crippen LogP contribution in [0.3, 0.4) is 0 Å². The fourth-order valence-electron chi connectivity index (χ4n) is 2.99. The first-order valence-electron chi connectivity index (χ1n) is 7.59. The highest BCUT2D eigenvalue weighted by molar-refractivity contribution is 5.33. The van der Waals surface area contributed by atoms with Gasteiger partial charge in [0, 0.05) is 12.1 Å². The second-order valence-corrected chi connectivity index (χ2v) is 5.71. The summed E-state index contributed by atoms with van der Waals surface area (Å²) < 4.78 is 5.45. The van der Waals surface area contributed by atoms with E-state index in [9.17, 15) is 0 Å². The third-order valence-electron chi connectivity index (χ3n) is 4.28. The van der Waals surface area contributed by atoms with E-state index in [4.69, 9.17) is 10.00 Å². The Bertz CT molecular complexity index is 453. The number of ether oxygens (including phenoxy) is 1. The van der Waals surface area contributed by atoms with Crippen molar-refractivity contribution in [2.24, 2.45) is 11.8 Å². The monoisotopic (exact) mass is 272 g/mol. The van der Waals surface area contributed by atoms with Gasteiger partial charge in [0.2, 0.25) is 0 Å². The van der Waals surface area contributed by atoms with Crippen molar-refractivity contribution < 1.29 is 4.74 Å². The van der Waals surface area contributed by atoms with Crippen LogP contribution in [0.25, 0.3) is 0 Å². The molecule has 1 aromatic carbocycles. The van der Waals surface area contributed by atoms with Crippen molar-refractivity contribution in [1.82, 2.24) is 5.32 Å². The smallest absolute Gasteiger partial charge is 0.174 e. The maximum absolute atomic E-state index is 8.60. The van der Waals surface area contributed by atoms with Crippen molar-refractivity contribution in [3.05, 3.63) is 29.8 Å². The maximum Gasteiger partial charge on any atom is 0.174 e. The Morgan fingerprint density at radius 3 is 2.90 bits per heavy atom. The van der Waals surface area contributed by atoms with Crippen LogP contribution in [0.5, 0.6) is 5.75 Å². The normalized spacial score (nSPS) is 22.2. The molecule has 3 nitrogen and oxygen atoms in total. The summed E-state index contributed by atoms with van der Waals surface area (Å²) >= 11 is 0. The molecule has 0 saturated heterocycles. The number of rotatable bonds is 6. The van der Waals surface area contributed by atoms with Crippen molar-refractivity contribution in [2.45, 2.75) is 39.2 Å². The highest BCUT2D eigenvalue weighted by atomic mass is 16.5. The number of hydrogen-bond acceptors (Lipinski definition) is 3. The number of benzene rings is 1. The summed E-state index contributed by atoms with van der Waals surface area (Å²) in [5.41, 5.74) is 1.13. The van der Waals surface area contributed by atoms with Gasteiger partial charge in [-0.05, 0) is 30.9 Å². The minimum Gasteiger partial charge on any atom is -0.478 e. The molecule has 2 unspecified atom stereocenters. The standard InChI is InChI=1S/C17H24N2O/c1-14-6-2-3-7-15(14)12-19-13-16-8-4-5-9-17(16)20-11-10-18/h4-5,8-9,14-15,19H,2-3,6-7,11-13H2,1H3. The molecular weight excluding hydrogens is 248 g/mol. The number of hydrogen-bond donors (Lipinski definition) is 1. The van der Waals surface area contributed by atoms with Crippen LogP contribution in [0, 0.1) is 23.2 Å². The van der Waals surface area contributed by atoms with Gasteiger partial charge in [0.05, 0.1) is 0 Å². The van der Waals surface area contributed by atoms with E-state index in [1.807, 2.05) is 24.3 Å². The number of nitriles is 1. The first-order valence-corrected chi connectivity index (χ1v) is 7.59. The Morgan fingerprint density at radius 2 is 2.10 bits per heavy atom. The first kappa shape index (κ1) is 14.9. The van der Waals surface area contributed by atoms with Crippen LogP contribution in [-0.2, 0) is 6.54 Å². The molecule has 20 heavy (non-hydrogen) atoms. The molecule has 2 rings (SSSR count). The molecule has 1 aromatic rings. The first-order chi connectivity index (χ1) is 9.81. The summed E-state index contributed by atoms with van der Waals surface area (Å²) in [5.74, 6) is 2.45. The third kappa shape index (κ3) is 4.25. The summed E-state index contributed by atoms with van der Waals surface area (Å²) in [6, 6.07) is 9.96. The number of para-hydroxylation sites is 1. The summed E-state index contributed by atoms with van der Waals surface area (Å²) in [6.45, 7) is 4.37. The number of nitrogens with zero attached hydrogens (tertiary/aromatic N) is 1. The molecule has 0 bridgehead atoms. The van der Waals surface area contributed by atoms with Gasteiger partial charge in [-0.2, -0.15) is 5.26 Å². The average Bonchev–Trinajstić information content (AvgIpc) is 2.48. The minimum absolute atomic E-state index is 0.108. The Balaban J connectivity index is 1.83. The van der Waals surface area contributed by atoms with Gasteiger partial charge in [-0.3, -0.25) is 0 Å². The SMILES string of the molecule is CC1CCCCC1CNCc1ccccc1OCC#N. The van der Waals surface area contributed by atoms with Gasteiger partial charge in [-0.15, -0.1) is 0 Å². The highest BCUT2D eigenvalue weighted by Gasteiger charge is 2.20. The largest absolute Gasteiger partial charge is 0.478 e. The van der Waals surface area contributed by atoms with Gasteiger partial charge in [-0.1, -0.05) is 44.4 Å². The molecule has 0 heterocycles. The van der Waals surface area contributed by atoms with Crippen molar-refractivity contribution in [1.29, 1.82) is 5.26 Å². The predicted molar refractivity (Wildman–Crippen MR) is 80.4 cm³/mol. The van der Waals surface area contributed by atoms with Crippen LogP contribution in [0.2, 0.25) is 0 Å². The lowest BCUT2D eigenvalue weighted by Gasteiger charge is -2.29. The molecule has 0 spiro atoms. The Labute approximate surface area is 121 Å². The van der Waals surface area contributed by atoms with E-state index in [1.54, 1.807) is 0 Å². The van der Waals surface area contributed by atoms with Crippen LogP contribution in [0.4, 0.5) is 0 Å². The molecule has 1 N–H and O–H groups in total. The molecule has 0 radical (unpaired) electrons. The van der Waals surface area contributed by atoms with E-state index in [1.165, 1.54) is 25.7 Å². The van der Waals surface area contributed by atoms with Crippen molar-refractivity contribution in [3.63, 3.8) is 0 Å². The zero-order chi connectivity index (χ0) is 14.2. The van der Waals surface area contributed by atoms with E-state index in [-0.39, 0.29) is 6.61 Å².